The van der Waals surface area contributed by atoms with E-state index >= 15 is 0 Å². The molecular formula is C22H25ClN2O. The molecule has 1 aliphatic carbocycles. The van der Waals surface area contributed by atoms with Gasteiger partial charge < -0.3 is 4.90 Å². The third kappa shape index (κ3) is 3.51. The van der Waals surface area contributed by atoms with E-state index in [9.17, 15) is 4.79 Å². The van der Waals surface area contributed by atoms with Crippen LogP contribution in [0, 0.1) is 0 Å². The molecule has 2 aromatic rings. The predicted molar refractivity (Wildman–Crippen MR) is 105 cm³/mol. The third-order valence-corrected chi connectivity index (χ3v) is 5.98. The summed E-state index contributed by atoms with van der Waals surface area (Å²) in [5.74, 6) is 0.200. The maximum atomic E-state index is 13.3. The highest BCUT2D eigenvalue weighted by atomic mass is 35.5. The number of rotatable bonds is 4. The van der Waals surface area contributed by atoms with Crippen molar-refractivity contribution in [3.63, 3.8) is 0 Å². The van der Waals surface area contributed by atoms with Gasteiger partial charge in [-0.05, 0) is 54.9 Å². The summed E-state index contributed by atoms with van der Waals surface area (Å²) in [7, 11) is 0. The summed E-state index contributed by atoms with van der Waals surface area (Å²) in [4.78, 5) is 15.3. The summed E-state index contributed by atoms with van der Waals surface area (Å²) in [6, 6.07) is 16.1. The van der Waals surface area contributed by atoms with E-state index in [4.69, 9.17) is 11.6 Å². The van der Waals surface area contributed by atoms with Crippen molar-refractivity contribution >= 4 is 17.5 Å². The number of carbonyl (C=O) groups excluding carboxylic acids is 1. The van der Waals surface area contributed by atoms with Crippen LogP contribution in [0.25, 0.3) is 0 Å². The Bertz CT molecular complexity index is 771. The Morgan fingerprint density at radius 1 is 1.04 bits per heavy atom. The predicted octanol–water partition coefficient (Wildman–Crippen LogP) is 4.67. The van der Waals surface area contributed by atoms with Gasteiger partial charge in [0.1, 0.15) is 6.04 Å². The molecule has 0 unspecified atom stereocenters. The largest absolute Gasteiger partial charge is 0.341 e. The van der Waals surface area contributed by atoms with Gasteiger partial charge in [-0.3, -0.25) is 10.1 Å². The summed E-state index contributed by atoms with van der Waals surface area (Å²) in [5, 5.41) is 4.50. The minimum atomic E-state index is -0.302. The van der Waals surface area contributed by atoms with Crippen molar-refractivity contribution in [3.8, 4) is 0 Å². The van der Waals surface area contributed by atoms with Crippen LogP contribution in [0.1, 0.15) is 54.5 Å². The average molecular weight is 369 g/mol. The molecule has 2 atom stereocenters. The van der Waals surface area contributed by atoms with Crippen molar-refractivity contribution in [2.24, 2.45) is 0 Å². The first kappa shape index (κ1) is 17.6. The first-order valence-electron chi connectivity index (χ1n) is 9.61. The second-order valence-corrected chi connectivity index (χ2v) is 7.70. The average Bonchev–Trinajstić information content (AvgIpc) is 3.11. The SMILES string of the molecule is O=C([C@@H](N[C@@H]1CCc2c(Cl)cccc21)c1ccccc1)N1CCCCC1. The molecule has 0 saturated carbocycles. The number of nitrogens with zero attached hydrogens (tertiary/aromatic N) is 1. The van der Waals surface area contributed by atoms with E-state index in [0.29, 0.717) is 0 Å². The number of piperidine rings is 1. The summed E-state index contributed by atoms with van der Waals surface area (Å²) >= 11 is 6.37. The number of benzene rings is 2. The number of halogens is 1. The van der Waals surface area contributed by atoms with Crippen molar-refractivity contribution in [3.05, 3.63) is 70.2 Å². The fraction of sp³-hybridized carbons (Fsp3) is 0.409. The molecule has 1 saturated heterocycles. The van der Waals surface area contributed by atoms with E-state index in [1.807, 2.05) is 47.4 Å². The van der Waals surface area contributed by atoms with Gasteiger partial charge in [-0.25, -0.2) is 0 Å². The van der Waals surface area contributed by atoms with Crippen LogP contribution in [-0.2, 0) is 11.2 Å². The molecule has 136 valence electrons. The molecule has 4 heteroatoms. The monoisotopic (exact) mass is 368 g/mol. The Morgan fingerprint density at radius 2 is 1.81 bits per heavy atom. The number of nitrogens with one attached hydrogen (secondary N) is 1. The fourth-order valence-electron chi connectivity index (χ4n) is 4.24. The van der Waals surface area contributed by atoms with Gasteiger partial charge in [-0.2, -0.15) is 0 Å². The van der Waals surface area contributed by atoms with E-state index in [-0.39, 0.29) is 18.0 Å². The summed E-state index contributed by atoms with van der Waals surface area (Å²) in [5.41, 5.74) is 3.51. The number of likely N-dealkylation sites (tertiary alicyclic amines) is 1. The van der Waals surface area contributed by atoms with Gasteiger partial charge in [0.15, 0.2) is 0 Å². The zero-order valence-corrected chi connectivity index (χ0v) is 15.7. The second kappa shape index (κ2) is 7.81. The lowest BCUT2D eigenvalue weighted by atomic mass is 10.0. The summed E-state index contributed by atoms with van der Waals surface area (Å²) in [6.07, 6.45) is 5.38. The zero-order chi connectivity index (χ0) is 17.9. The van der Waals surface area contributed by atoms with Crippen LogP contribution in [0.2, 0.25) is 5.02 Å². The maximum absolute atomic E-state index is 13.3. The van der Waals surface area contributed by atoms with Gasteiger partial charge in [-0.15, -0.1) is 0 Å². The lowest BCUT2D eigenvalue weighted by molar-refractivity contribution is -0.134. The van der Waals surface area contributed by atoms with Crippen LogP contribution in [-0.4, -0.2) is 23.9 Å². The van der Waals surface area contributed by atoms with Gasteiger partial charge in [0.2, 0.25) is 5.91 Å². The van der Waals surface area contributed by atoms with Crippen molar-refractivity contribution in [1.29, 1.82) is 0 Å². The number of carbonyl (C=O) groups is 1. The fourth-order valence-corrected chi connectivity index (χ4v) is 4.51. The van der Waals surface area contributed by atoms with Gasteiger partial charge in [0, 0.05) is 24.2 Å². The van der Waals surface area contributed by atoms with Gasteiger partial charge in [0.05, 0.1) is 0 Å². The Labute approximate surface area is 160 Å². The van der Waals surface area contributed by atoms with Crippen molar-refractivity contribution in [2.45, 2.75) is 44.2 Å². The van der Waals surface area contributed by atoms with E-state index in [2.05, 4.69) is 11.4 Å². The molecule has 0 radical (unpaired) electrons. The van der Waals surface area contributed by atoms with Crippen LogP contribution in [0.4, 0.5) is 0 Å². The number of hydrogen-bond donors (Lipinski definition) is 1. The van der Waals surface area contributed by atoms with Crippen molar-refractivity contribution in [1.82, 2.24) is 10.2 Å². The molecule has 0 bridgehead atoms. The van der Waals surface area contributed by atoms with Crippen LogP contribution >= 0.6 is 11.6 Å². The lowest BCUT2D eigenvalue weighted by Crippen LogP contribution is -2.44. The summed E-state index contributed by atoms with van der Waals surface area (Å²) in [6.45, 7) is 1.74. The number of hydrogen-bond acceptors (Lipinski definition) is 2. The van der Waals surface area contributed by atoms with Crippen molar-refractivity contribution < 1.29 is 4.79 Å². The highest BCUT2D eigenvalue weighted by molar-refractivity contribution is 6.31. The molecule has 0 spiro atoms. The molecular weight excluding hydrogens is 344 g/mol. The minimum absolute atomic E-state index is 0.169. The molecule has 1 heterocycles. The van der Waals surface area contributed by atoms with Crippen LogP contribution in [0.3, 0.4) is 0 Å². The van der Waals surface area contributed by atoms with Crippen LogP contribution < -0.4 is 5.32 Å². The van der Waals surface area contributed by atoms with E-state index in [0.717, 1.165) is 49.4 Å². The number of amides is 1. The Hall–Kier alpha value is -1.84. The maximum Gasteiger partial charge on any atom is 0.244 e. The third-order valence-electron chi connectivity index (χ3n) is 5.63. The quantitative estimate of drug-likeness (QED) is 0.850. The van der Waals surface area contributed by atoms with Crippen molar-refractivity contribution in [2.75, 3.05) is 13.1 Å². The van der Waals surface area contributed by atoms with Gasteiger partial charge >= 0.3 is 0 Å². The highest BCUT2D eigenvalue weighted by Crippen LogP contribution is 2.37. The molecule has 2 aliphatic rings. The van der Waals surface area contributed by atoms with E-state index in [1.54, 1.807) is 0 Å². The van der Waals surface area contributed by atoms with Crippen LogP contribution in [0.5, 0.6) is 0 Å². The first-order chi connectivity index (χ1) is 12.7. The highest BCUT2D eigenvalue weighted by Gasteiger charge is 2.32. The Balaban J connectivity index is 1.60. The minimum Gasteiger partial charge on any atom is -0.341 e. The first-order valence-corrected chi connectivity index (χ1v) is 9.99. The summed E-state index contributed by atoms with van der Waals surface area (Å²) < 4.78 is 0. The zero-order valence-electron chi connectivity index (χ0n) is 15.0. The molecule has 26 heavy (non-hydrogen) atoms. The molecule has 2 aromatic carbocycles. The molecule has 3 nitrogen and oxygen atoms in total. The molecule has 1 amide bonds. The molecule has 1 aliphatic heterocycles. The molecule has 0 aromatic heterocycles. The topological polar surface area (TPSA) is 32.3 Å². The standard InChI is InChI=1S/C22H25ClN2O/c23-19-11-7-10-18-17(19)12-13-20(18)24-21(16-8-3-1-4-9-16)22(26)25-14-5-2-6-15-25/h1,3-4,7-11,20-21,24H,2,5-6,12-15H2/t20-,21+/m1/s1. The molecule has 1 fully saturated rings. The second-order valence-electron chi connectivity index (χ2n) is 7.30. The Kier molecular flexibility index (Phi) is 5.28. The molecule has 4 rings (SSSR count). The molecule has 1 N–H and O–H groups in total. The van der Waals surface area contributed by atoms with Gasteiger partial charge in [0.25, 0.3) is 0 Å². The lowest BCUT2D eigenvalue weighted by Gasteiger charge is -2.32. The van der Waals surface area contributed by atoms with E-state index in [1.165, 1.54) is 17.5 Å². The number of fused-ring (bicyclic) bond motifs is 1. The van der Waals surface area contributed by atoms with E-state index < -0.39 is 0 Å². The van der Waals surface area contributed by atoms with Crippen LogP contribution in [0.15, 0.2) is 48.5 Å². The Morgan fingerprint density at radius 3 is 2.58 bits per heavy atom. The van der Waals surface area contributed by atoms with Gasteiger partial charge in [-0.1, -0.05) is 54.1 Å². The smallest absolute Gasteiger partial charge is 0.244 e. The normalized spacial score (nSPS) is 20.7.